The van der Waals surface area contributed by atoms with Crippen molar-refractivity contribution in [1.82, 2.24) is 0 Å². The Kier molecular flexibility index (Phi) is 2.96. The predicted molar refractivity (Wildman–Crippen MR) is 72.0 cm³/mol. The normalized spacial score (nSPS) is 21.9. The molecule has 2 aromatic carbocycles. The first-order valence-electron chi connectivity index (χ1n) is 5.88. The third-order valence-corrected chi connectivity index (χ3v) is 4.01. The summed E-state index contributed by atoms with van der Waals surface area (Å²) in [7, 11) is 0. The molecular weight excluding hydrogens is 295 g/mol. The lowest BCUT2D eigenvalue weighted by Gasteiger charge is -2.12. The van der Waals surface area contributed by atoms with E-state index in [-0.39, 0.29) is 11.7 Å². The van der Waals surface area contributed by atoms with Crippen LogP contribution in [0.5, 0.6) is 0 Å². The quantitative estimate of drug-likeness (QED) is 0.839. The number of fused-ring (bicyclic) bond motifs is 1. The number of hydrogen-bond donors (Lipinski definition) is 1. The summed E-state index contributed by atoms with van der Waals surface area (Å²) < 4.78 is 14.0. The summed E-state index contributed by atoms with van der Waals surface area (Å²) in [6.45, 7) is 0. The van der Waals surface area contributed by atoms with Crippen molar-refractivity contribution in [3.8, 4) is 0 Å². The second-order valence-corrected chi connectivity index (χ2v) is 5.54. The molecule has 18 heavy (non-hydrogen) atoms. The van der Waals surface area contributed by atoms with Crippen LogP contribution in [0.1, 0.15) is 35.1 Å². The van der Waals surface area contributed by atoms with E-state index in [0.29, 0.717) is 6.42 Å². The Bertz CT molecular complexity index is 580. The van der Waals surface area contributed by atoms with E-state index in [1.807, 2.05) is 18.2 Å². The minimum Gasteiger partial charge on any atom is -0.388 e. The fraction of sp³-hybridized carbons (Fsp3) is 0.200. The second-order valence-electron chi connectivity index (χ2n) is 4.63. The van der Waals surface area contributed by atoms with Crippen molar-refractivity contribution in [3.05, 3.63) is 69.4 Å². The molecule has 0 bridgehead atoms. The van der Waals surface area contributed by atoms with Crippen molar-refractivity contribution in [2.45, 2.75) is 18.4 Å². The van der Waals surface area contributed by atoms with Gasteiger partial charge < -0.3 is 5.11 Å². The Morgan fingerprint density at radius 1 is 1.06 bits per heavy atom. The Morgan fingerprint density at radius 2 is 1.78 bits per heavy atom. The monoisotopic (exact) mass is 306 g/mol. The molecule has 2 atom stereocenters. The molecule has 2 aromatic rings. The molecule has 1 aliphatic rings. The zero-order chi connectivity index (χ0) is 12.7. The SMILES string of the molecule is O[C@H]1C[C@@H](c2ccc(F)cc2)c2cc(Br)ccc21. The second kappa shape index (κ2) is 4.48. The highest BCUT2D eigenvalue weighted by Gasteiger charge is 2.30. The van der Waals surface area contributed by atoms with Crippen LogP contribution in [0.3, 0.4) is 0 Å². The summed E-state index contributed by atoms with van der Waals surface area (Å²) in [5.74, 6) is -0.0835. The van der Waals surface area contributed by atoms with E-state index in [0.717, 1.165) is 21.2 Å². The summed E-state index contributed by atoms with van der Waals surface area (Å²) in [6.07, 6.45) is 0.236. The lowest BCUT2D eigenvalue weighted by molar-refractivity contribution is 0.176. The van der Waals surface area contributed by atoms with Crippen molar-refractivity contribution in [2.24, 2.45) is 0 Å². The van der Waals surface area contributed by atoms with Gasteiger partial charge in [-0.25, -0.2) is 4.39 Å². The molecule has 0 saturated heterocycles. The molecule has 0 spiro atoms. The number of aliphatic hydroxyl groups is 1. The van der Waals surface area contributed by atoms with Gasteiger partial charge in [-0.15, -0.1) is 0 Å². The van der Waals surface area contributed by atoms with Crippen molar-refractivity contribution in [1.29, 1.82) is 0 Å². The van der Waals surface area contributed by atoms with E-state index >= 15 is 0 Å². The van der Waals surface area contributed by atoms with Gasteiger partial charge >= 0.3 is 0 Å². The Hall–Kier alpha value is -1.19. The van der Waals surface area contributed by atoms with E-state index in [9.17, 15) is 9.50 Å². The maximum absolute atomic E-state index is 13.0. The predicted octanol–water partition coefficient (Wildman–Crippen LogP) is 4.16. The Labute approximate surface area is 113 Å². The largest absolute Gasteiger partial charge is 0.388 e. The van der Waals surface area contributed by atoms with Crippen molar-refractivity contribution >= 4 is 15.9 Å². The molecule has 0 aliphatic heterocycles. The van der Waals surface area contributed by atoms with E-state index in [1.54, 1.807) is 12.1 Å². The molecule has 1 aliphatic carbocycles. The van der Waals surface area contributed by atoms with Gasteiger partial charge in [0.2, 0.25) is 0 Å². The summed E-state index contributed by atoms with van der Waals surface area (Å²) in [5, 5.41) is 10.1. The van der Waals surface area contributed by atoms with Gasteiger partial charge in [0, 0.05) is 10.4 Å². The summed E-state index contributed by atoms with van der Waals surface area (Å²) >= 11 is 3.45. The summed E-state index contributed by atoms with van der Waals surface area (Å²) in [5.41, 5.74) is 3.16. The molecular formula is C15H12BrFO. The van der Waals surface area contributed by atoms with Gasteiger partial charge in [-0.05, 0) is 47.4 Å². The van der Waals surface area contributed by atoms with Gasteiger partial charge in [-0.2, -0.15) is 0 Å². The third kappa shape index (κ3) is 1.98. The fourth-order valence-corrected chi connectivity index (χ4v) is 3.02. The van der Waals surface area contributed by atoms with Crippen molar-refractivity contribution < 1.29 is 9.50 Å². The molecule has 0 unspecified atom stereocenters. The molecule has 3 rings (SSSR count). The van der Waals surface area contributed by atoms with E-state index in [2.05, 4.69) is 15.9 Å². The standard InChI is InChI=1S/C15H12BrFO/c16-10-3-6-12-14(7-10)13(8-15(12)18)9-1-4-11(17)5-2-9/h1-7,13,15,18H,8H2/t13-,15-/m0/s1. The minimum absolute atomic E-state index is 0.146. The highest BCUT2D eigenvalue weighted by atomic mass is 79.9. The highest BCUT2D eigenvalue weighted by molar-refractivity contribution is 9.10. The zero-order valence-electron chi connectivity index (χ0n) is 9.61. The summed E-state index contributed by atoms with van der Waals surface area (Å²) in [6, 6.07) is 12.5. The first-order chi connectivity index (χ1) is 8.65. The van der Waals surface area contributed by atoms with Gasteiger partial charge in [0.1, 0.15) is 5.82 Å². The van der Waals surface area contributed by atoms with Crippen LogP contribution < -0.4 is 0 Å². The van der Waals surface area contributed by atoms with E-state index in [4.69, 9.17) is 0 Å². The van der Waals surface area contributed by atoms with Crippen LogP contribution in [0, 0.1) is 5.82 Å². The maximum atomic E-state index is 13.0. The van der Waals surface area contributed by atoms with Crippen LogP contribution in [0.2, 0.25) is 0 Å². The van der Waals surface area contributed by atoms with Crippen LogP contribution in [-0.4, -0.2) is 5.11 Å². The van der Waals surface area contributed by atoms with Gasteiger partial charge in [0.15, 0.2) is 0 Å². The number of rotatable bonds is 1. The van der Waals surface area contributed by atoms with Gasteiger partial charge in [0.05, 0.1) is 6.10 Å². The van der Waals surface area contributed by atoms with Crippen LogP contribution in [0.15, 0.2) is 46.9 Å². The average molecular weight is 307 g/mol. The van der Waals surface area contributed by atoms with Gasteiger partial charge in [0.25, 0.3) is 0 Å². The number of hydrogen-bond acceptors (Lipinski definition) is 1. The van der Waals surface area contributed by atoms with Crippen LogP contribution in [0.4, 0.5) is 4.39 Å². The summed E-state index contributed by atoms with van der Waals surface area (Å²) in [4.78, 5) is 0. The number of halogens is 2. The van der Waals surface area contributed by atoms with Crippen LogP contribution in [0.25, 0.3) is 0 Å². The average Bonchev–Trinajstić information content (AvgIpc) is 2.67. The Balaban J connectivity index is 2.06. The zero-order valence-corrected chi connectivity index (χ0v) is 11.2. The first kappa shape index (κ1) is 11.9. The molecule has 1 N–H and O–H groups in total. The fourth-order valence-electron chi connectivity index (χ4n) is 2.64. The Morgan fingerprint density at radius 3 is 2.50 bits per heavy atom. The molecule has 3 heteroatoms. The lowest BCUT2D eigenvalue weighted by atomic mass is 9.93. The lowest BCUT2D eigenvalue weighted by Crippen LogP contribution is -1.96. The third-order valence-electron chi connectivity index (χ3n) is 3.51. The molecule has 0 saturated carbocycles. The van der Waals surface area contributed by atoms with E-state index < -0.39 is 6.10 Å². The molecule has 0 radical (unpaired) electrons. The molecule has 92 valence electrons. The number of aliphatic hydroxyl groups excluding tert-OH is 1. The van der Waals surface area contributed by atoms with Crippen LogP contribution in [-0.2, 0) is 0 Å². The molecule has 0 amide bonds. The molecule has 0 aromatic heterocycles. The van der Waals surface area contributed by atoms with Gasteiger partial charge in [-0.1, -0.05) is 34.1 Å². The molecule has 0 heterocycles. The van der Waals surface area contributed by atoms with Gasteiger partial charge in [-0.3, -0.25) is 0 Å². The topological polar surface area (TPSA) is 20.2 Å². The van der Waals surface area contributed by atoms with Crippen LogP contribution >= 0.6 is 15.9 Å². The van der Waals surface area contributed by atoms with Crippen molar-refractivity contribution in [3.63, 3.8) is 0 Å². The molecule has 0 fully saturated rings. The maximum Gasteiger partial charge on any atom is 0.123 e. The molecule has 1 nitrogen and oxygen atoms in total. The first-order valence-corrected chi connectivity index (χ1v) is 6.67. The van der Waals surface area contributed by atoms with E-state index in [1.165, 1.54) is 12.1 Å². The van der Waals surface area contributed by atoms with Crippen molar-refractivity contribution in [2.75, 3.05) is 0 Å². The number of benzene rings is 2. The smallest absolute Gasteiger partial charge is 0.123 e. The highest BCUT2D eigenvalue weighted by Crippen LogP contribution is 2.44. The minimum atomic E-state index is -0.428.